The Bertz CT molecular complexity index is 524. The molecule has 1 aliphatic rings. The highest BCUT2D eigenvalue weighted by Crippen LogP contribution is 2.30. The fourth-order valence-electron chi connectivity index (χ4n) is 3.00. The molecule has 0 aromatic carbocycles. The van der Waals surface area contributed by atoms with E-state index in [4.69, 9.17) is 16.3 Å². The Morgan fingerprint density at radius 3 is 2.81 bits per heavy atom. The van der Waals surface area contributed by atoms with E-state index in [1.165, 1.54) is 7.11 Å². The number of aromatic nitrogens is 1. The van der Waals surface area contributed by atoms with Gasteiger partial charge in [0.1, 0.15) is 5.02 Å². The van der Waals surface area contributed by atoms with Crippen molar-refractivity contribution in [2.75, 3.05) is 7.11 Å². The second-order valence-electron chi connectivity index (χ2n) is 5.62. The summed E-state index contributed by atoms with van der Waals surface area (Å²) < 4.78 is 5.05. The summed E-state index contributed by atoms with van der Waals surface area (Å²) >= 11 is 6.10. The predicted molar refractivity (Wildman–Crippen MR) is 80.6 cm³/mol. The number of carbonyl (C=O) groups is 1. The van der Waals surface area contributed by atoms with Gasteiger partial charge in [-0.2, -0.15) is 0 Å². The van der Waals surface area contributed by atoms with Gasteiger partial charge in [-0.15, -0.1) is 0 Å². The van der Waals surface area contributed by atoms with Crippen LogP contribution in [0.2, 0.25) is 5.02 Å². The van der Waals surface area contributed by atoms with E-state index in [9.17, 15) is 9.90 Å². The summed E-state index contributed by atoms with van der Waals surface area (Å²) in [5.41, 5.74) is 0.963. The second kappa shape index (κ2) is 6.62. The van der Waals surface area contributed by atoms with E-state index in [0.717, 1.165) is 18.4 Å². The molecule has 1 fully saturated rings. The van der Waals surface area contributed by atoms with E-state index < -0.39 is 5.97 Å². The van der Waals surface area contributed by atoms with Crippen LogP contribution in [0, 0.1) is 5.92 Å². The van der Waals surface area contributed by atoms with Crippen LogP contribution in [0.25, 0.3) is 0 Å². The van der Waals surface area contributed by atoms with Crippen molar-refractivity contribution in [3.05, 3.63) is 22.8 Å². The van der Waals surface area contributed by atoms with Crippen molar-refractivity contribution in [1.29, 1.82) is 0 Å². The van der Waals surface area contributed by atoms with E-state index >= 15 is 0 Å². The lowest BCUT2D eigenvalue weighted by molar-refractivity contribution is -0.146. The van der Waals surface area contributed by atoms with Crippen LogP contribution in [0.3, 0.4) is 0 Å². The summed E-state index contributed by atoms with van der Waals surface area (Å²) in [5.74, 6) is -0.628. The Hall–Kier alpha value is -1.33. The zero-order valence-corrected chi connectivity index (χ0v) is 13.3. The molecule has 0 radical (unpaired) electrons. The predicted octanol–water partition coefficient (Wildman–Crippen LogP) is 2.82. The van der Waals surface area contributed by atoms with Crippen molar-refractivity contribution in [3.8, 4) is 5.88 Å². The van der Waals surface area contributed by atoms with Gasteiger partial charge < -0.3 is 9.84 Å². The van der Waals surface area contributed by atoms with E-state index in [1.807, 2.05) is 13.0 Å². The summed E-state index contributed by atoms with van der Waals surface area (Å²) in [7, 11) is 1.53. The first-order valence-electron chi connectivity index (χ1n) is 7.11. The van der Waals surface area contributed by atoms with Crippen LogP contribution < -0.4 is 4.74 Å². The minimum atomic E-state index is -0.717. The van der Waals surface area contributed by atoms with Crippen LogP contribution >= 0.6 is 11.6 Å². The summed E-state index contributed by atoms with van der Waals surface area (Å²) in [6.07, 6.45) is 3.35. The molecule has 1 aromatic rings. The minimum Gasteiger partial charge on any atom is -0.481 e. The van der Waals surface area contributed by atoms with Gasteiger partial charge in [-0.3, -0.25) is 9.69 Å². The van der Waals surface area contributed by atoms with E-state index in [2.05, 4.69) is 16.8 Å². The van der Waals surface area contributed by atoms with E-state index in [-0.39, 0.29) is 12.0 Å². The van der Waals surface area contributed by atoms with Crippen LogP contribution in [-0.2, 0) is 11.3 Å². The number of aliphatic carboxylic acids is 1. The summed E-state index contributed by atoms with van der Waals surface area (Å²) in [6.45, 7) is 4.75. The fourth-order valence-corrected chi connectivity index (χ4v) is 3.27. The number of methoxy groups -OCH3 is 1. The van der Waals surface area contributed by atoms with Crippen molar-refractivity contribution in [2.24, 2.45) is 5.92 Å². The van der Waals surface area contributed by atoms with Crippen LogP contribution in [0.5, 0.6) is 5.88 Å². The third-order valence-electron chi connectivity index (χ3n) is 4.31. The standard InChI is InChI=1S/C15H21ClN2O3/c1-9-4-5-12(15(19)20)10(2)18(9)8-11-6-13(16)14(21-3)17-7-11/h6-7,9-10,12H,4-5,8H2,1-3H3,(H,19,20). The van der Waals surface area contributed by atoms with Gasteiger partial charge >= 0.3 is 5.97 Å². The van der Waals surface area contributed by atoms with Crippen LogP contribution in [0.4, 0.5) is 0 Å². The fraction of sp³-hybridized carbons (Fsp3) is 0.600. The maximum Gasteiger partial charge on any atom is 0.308 e. The molecule has 2 heterocycles. The third-order valence-corrected chi connectivity index (χ3v) is 4.58. The zero-order valence-electron chi connectivity index (χ0n) is 12.5. The molecule has 2 rings (SSSR count). The molecule has 1 N–H and O–H groups in total. The third kappa shape index (κ3) is 3.47. The quantitative estimate of drug-likeness (QED) is 0.926. The molecule has 5 nitrogen and oxygen atoms in total. The lowest BCUT2D eigenvalue weighted by Gasteiger charge is -2.42. The number of hydrogen-bond acceptors (Lipinski definition) is 4. The average Bonchev–Trinajstić information content (AvgIpc) is 2.43. The Balaban J connectivity index is 2.16. The molecule has 0 spiro atoms. The summed E-state index contributed by atoms with van der Waals surface area (Å²) in [5, 5.41) is 9.79. The maximum absolute atomic E-state index is 11.3. The van der Waals surface area contributed by atoms with Crippen LogP contribution in [0.15, 0.2) is 12.3 Å². The second-order valence-corrected chi connectivity index (χ2v) is 6.03. The van der Waals surface area contributed by atoms with Crippen molar-refractivity contribution < 1.29 is 14.6 Å². The highest BCUT2D eigenvalue weighted by atomic mass is 35.5. The molecule has 0 amide bonds. The number of hydrogen-bond donors (Lipinski definition) is 1. The highest BCUT2D eigenvalue weighted by molar-refractivity contribution is 6.31. The number of nitrogens with zero attached hydrogens (tertiary/aromatic N) is 2. The lowest BCUT2D eigenvalue weighted by atomic mass is 9.86. The molecular weight excluding hydrogens is 292 g/mol. The number of pyridine rings is 1. The molecule has 1 aromatic heterocycles. The van der Waals surface area contributed by atoms with Crippen molar-refractivity contribution in [1.82, 2.24) is 9.88 Å². The number of ether oxygens (including phenoxy) is 1. The SMILES string of the molecule is COc1ncc(CN2C(C)CCC(C(=O)O)C2C)cc1Cl. The molecule has 1 aliphatic heterocycles. The first-order chi connectivity index (χ1) is 9.93. The normalized spacial score (nSPS) is 26.6. The molecule has 6 heteroatoms. The summed E-state index contributed by atoms with van der Waals surface area (Å²) in [4.78, 5) is 17.7. The number of rotatable bonds is 4. The minimum absolute atomic E-state index is 0.00729. The monoisotopic (exact) mass is 312 g/mol. The van der Waals surface area contributed by atoms with Crippen molar-refractivity contribution in [2.45, 2.75) is 45.3 Å². The molecular formula is C15H21ClN2O3. The first kappa shape index (κ1) is 16.0. The topological polar surface area (TPSA) is 62.7 Å². The summed E-state index contributed by atoms with van der Waals surface area (Å²) in [6, 6.07) is 2.17. The van der Waals surface area contributed by atoms with Gasteiger partial charge in [0.25, 0.3) is 0 Å². The van der Waals surface area contributed by atoms with Crippen LogP contribution in [0.1, 0.15) is 32.3 Å². The first-order valence-corrected chi connectivity index (χ1v) is 7.48. The Kier molecular flexibility index (Phi) is 5.06. The smallest absolute Gasteiger partial charge is 0.308 e. The number of carboxylic acid groups (broad SMARTS) is 1. The molecule has 116 valence electrons. The number of likely N-dealkylation sites (tertiary alicyclic amines) is 1. The molecule has 0 aliphatic carbocycles. The Morgan fingerprint density at radius 2 is 2.24 bits per heavy atom. The van der Waals surface area contributed by atoms with Crippen molar-refractivity contribution >= 4 is 17.6 Å². The van der Waals surface area contributed by atoms with E-state index in [1.54, 1.807) is 6.20 Å². The number of carboxylic acids is 1. The van der Waals surface area contributed by atoms with Crippen LogP contribution in [-0.4, -0.2) is 40.2 Å². The lowest BCUT2D eigenvalue weighted by Crippen LogP contribution is -2.50. The number of piperidine rings is 1. The zero-order chi connectivity index (χ0) is 15.6. The molecule has 0 bridgehead atoms. The highest BCUT2D eigenvalue weighted by Gasteiger charge is 2.36. The molecule has 1 saturated heterocycles. The molecule has 21 heavy (non-hydrogen) atoms. The van der Waals surface area contributed by atoms with Gasteiger partial charge in [-0.25, -0.2) is 4.98 Å². The van der Waals surface area contributed by atoms with E-state index in [0.29, 0.717) is 23.5 Å². The largest absolute Gasteiger partial charge is 0.481 e. The van der Waals surface area contributed by atoms with Gasteiger partial charge in [-0.05, 0) is 38.3 Å². The Labute approximate surface area is 129 Å². The maximum atomic E-state index is 11.3. The molecule has 3 unspecified atom stereocenters. The Morgan fingerprint density at radius 1 is 1.52 bits per heavy atom. The van der Waals surface area contributed by atoms with Gasteiger partial charge in [0.2, 0.25) is 5.88 Å². The van der Waals surface area contributed by atoms with Crippen molar-refractivity contribution in [3.63, 3.8) is 0 Å². The van der Waals surface area contributed by atoms with Gasteiger partial charge in [0.05, 0.1) is 13.0 Å². The average molecular weight is 313 g/mol. The van der Waals surface area contributed by atoms with Gasteiger partial charge in [0.15, 0.2) is 0 Å². The molecule has 3 atom stereocenters. The van der Waals surface area contributed by atoms with Gasteiger partial charge in [-0.1, -0.05) is 11.6 Å². The van der Waals surface area contributed by atoms with Gasteiger partial charge in [0, 0.05) is 24.8 Å². The number of halogens is 1. The molecule has 0 saturated carbocycles.